The van der Waals surface area contributed by atoms with Crippen LogP contribution in [0.25, 0.3) is 0 Å². The predicted molar refractivity (Wildman–Crippen MR) is 63.5 cm³/mol. The average molecular weight is 261 g/mol. The van der Waals surface area contributed by atoms with Crippen LogP contribution in [0, 0.1) is 0 Å². The molecule has 0 spiro atoms. The molecule has 0 saturated heterocycles. The standard InChI is InChI=1S/C12H17F2NO3/c1-15(7-11(13)14)6-8-4-9(17-2)12(16)10(5-8)18-3/h4-5,11,16H,6-7H2,1-3H3. The maximum Gasteiger partial charge on any atom is 0.251 e. The summed E-state index contributed by atoms with van der Waals surface area (Å²) in [6.07, 6.45) is -2.38. The van der Waals surface area contributed by atoms with Gasteiger partial charge in [-0.3, -0.25) is 4.90 Å². The van der Waals surface area contributed by atoms with Gasteiger partial charge in [0, 0.05) is 6.54 Å². The maximum absolute atomic E-state index is 12.2. The van der Waals surface area contributed by atoms with E-state index in [1.54, 1.807) is 19.2 Å². The van der Waals surface area contributed by atoms with Crippen LogP contribution in [-0.2, 0) is 6.54 Å². The summed E-state index contributed by atoms with van der Waals surface area (Å²) in [4.78, 5) is 1.48. The van der Waals surface area contributed by atoms with E-state index in [1.165, 1.54) is 19.1 Å². The first-order valence-electron chi connectivity index (χ1n) is 5.38. The summed E-state index contributed by atoms with van der Waals surface area (Å²) in [7, 11) is 4.43. The minimum Gasteiger partial charge on any atom is -0.502 e. The number of ether oxygens (including phenoxy) is 2. The molecule has 0 saturated carbocycles. The van der Waals surface area contributed by atoms with Gasteiger partial charge in [-0.05, 0) is 24.7 Å². The van der Waals surface area contributed by atoms with Gasteiger partial charge in [-0.15, -0.1) is 0 Å². The summed E-state index contributed by atoms with van der Waals surface area (Å²) in [6.45, 7) is 0.00282. The van der Waals surface area contributed by atoms with Crippen molar-refractivity contribution in [3.8, 4) is 17.2 Å². The van der Waals surface area contributed by atoms with Crippen molar-refractivity contribution < 1.29 is 23.4 Å². The minimum absolute atomic E-state index is 0.0970. The third-order valence-corrected chi connectivity index (χ3v) is 2.44. The van der Waals surface area contributed by atoms with Crippen molar-refractivity contribution >= 4 is 0 Å². The van der Waals surface area contributed by atoms with Gasteiger partial charge < -0.3 is 14.6 Å². The van der Waals surface area contributed by atoms with Gasteiger partial charge in [-0.25, -0.2) is 8.78 Å². The molecule has 1 aromatic carbocycles. The van der Waals surface area contributed by atoms with Crippen LogP contribution in [0.5, 0.6) is 17.2 Å². The quantitative estimate of drug-likeness (QED) is 0.851. The molecule has 0 radical (unpaired) electrons. The summed E-state index contributed by atoms with van der Waals surface area (Å²) in [5.41, 5.74) is 0.727. The smallest absolute Gasteiger partial charge is 0.251 e. The Morgan fingerprint density at radius 3 is 2.11 bits per heavy atom. The van der Waals surface area contributed by atoms with E-state index in [1.807, 2.05) is 0 Å². The van der Waals surface area contributed by atoms with Gasteiger partial charge >= 0.3 is 0 Å². The van der Waals surface area contributed by atoms with Crippen molar-refractivity contribution in [3.05, 3.63) is 17.7 Å². The average Bonchev–Trinajstić information content (AvgIpc) is 2.29. The molecule has 4 nitrogen and oxygen atoms in total. The lowest BCUT2D eigenvalue weighted by Crippen LogP contribution is -2.24. The molecule has 6 heteroatoms. The Labute approximate surface area is 105 Å². The number of nitrogens with zero attached hydrogens (tertiary/aromatic N) is 1. The van der Waals surface area contributed by atoms with E-state index in [4.69, 9.17) is 9.47 Å². The van der Waals surface area contributed by atoms with Crippen LogP contribution in [0.15, 0.2) is 12.1 Å². The molecule has 0 atom stereocenters. The molecule has 102 valence electrons. The molecule has 0 aliphatic carbocycles. The van der Waals surface area contributed by atoms with Crippen molar-refractivity contribution in [3.63, 3.8) is 0 Å². The lowest BCUT2D eigenvalue weighted by Gasteiger charge is -2.17. The molecule has 18 heavy (non-hydrogen) atoms. The van der Waals surface area contributed by atoms with Gasteiger partial charge in [-0.2, -0.15) is 0 Å². The molecule has 0 aliphatic heterocycles. The SMILES string of the molecule is COc1cc(CN(C)CC(F)F)cc(OC)c1O. The van der Waals surface area contributed by atoms with E-state index < -0.39 is 6.43 Å². The Kier molecular flexibility index (Phi) is 5.15. The normalized spacial score (nSPS) is 11.1. The number of hydrogen-bond donors (Lipinski definition) is 1. The lowest BCUT2D eigenvalue weighted by atomic mass is 10.1. The van der Waals surface area contributed by atoms with E-state index >= 15 is 0 Å². The number of halogens is 2. The first-order valence-corrected chi connectivity index (χ1v) is 5.38. The van der Waals surface area contributed by atoms with Crippen LogP contribution in [0.2, 0.25) is 0 Å². The second-order valence-electron chi connectivity index (χ2n) is 3.94. The molecule has 1 rings (SSSR count). The summed E-state index contributed by atoms with van der Waals surface area (Å²) in [5, 5.41) is 9.71. The number of aromatic hydroxyl groups is 1. The van der Waals surface area contributed by atoms with Gasteiger partial charge in [-0.1, -0.05) is 0 Å². The van der Waals surface area contributed by atoms with Crippen molar-refractivity contribution in [2.24, 2.45) is 0 Å². The third-order valence-electron chi connectivity index (χ3n) is 2.44. The van der Waals surface area contributed by atoms with E-state index in [9.17, 15) is 13.9 Å². The molecule has 0 bridgehead atoms. The Balaban J connectivity index is 2.89. The molecule has 0 amide bonds. The molecule has 0 unspecified atom stereocenters. The topological polar surface area (TPSA) is 41.9 Å². The summed E-state index contributed by atoms with van der Waals surface area (Å²) >= 11 is 0. The second kappa shape index (κ2) is 6.39. The summed E-state index contributed by atoms with van der Waals surface area (Å²) in [6, 6.07) is 3.19. The fraction of sp³-hybridized carbons (Fsp3) is 0.500. The van der Waals surface area contributed by atoms with Gasteiger partial charge in [0.15, 0.2) is 11.5 Å². The molecule has 1 N–H and O–H groups in total. The fourth-order valence-corrected chi connectivity index (χ4v) is 1.65. The number of alkyl halides is 2. The van der Waals surface area contributed by atoms with Crippen molar-refractivity contribution in [2.75, 3.05) is 27.8 Å². The fourth-order valence-electron chi connectivity index (χ4n) is 1.65. The number of hydrogen-bond acceptors (Lipinski definition) is 4. The largest absolute Gasteiger partial charge is 0.502 e. The van der Waals surface area contributed by atoms with E-state index in [0.717, 1.165) is 5.56 Å². The Morgan fingerprint density at radius 2 is 1.72 bits per heavy atom. The maximum atomic E-state index is 12.2. The Bertz CT molecular complexity index is 374. The van der Waals surface area contributed by atoms with Crippen molar-refractivity contribution in [1.82, 2.24) is 4.90 Å². The summed E-state index contributed by atoms with van der Waals surface area (Å²) in [5.74, 6) is 0.421. The molecular formula is C12H17F2NO3. The number of phenolic OH excluding ortho intramolecular Hbond substituents is 1. The zero-order chi connectivity index (χ0) is 13.7. The molecule has 0 fully saturated rings. The van der Waals surface area contributed by atoms with Crippen LogP contribution < -0.4 is 9.47 Å². The zero-order valence-corrected chi connectivity index (χ0v) is 10.6. The first-order chi connectivity index (χ1) is 8.47. The Hall–Kier alpha value is -1.56. The van der Waals surface area contributed by atoms with E-state index in [0.29, 0.717) is 6.54 Å². The number of phenols is 1. The third kappa shape index (κ3) is 3.73. The lowest BCUT2D eigenvalue weighted by molar-refractivity contribution is 0.0975. The van der Waals surface area contributed by atoms with E-state index in [2.05, 4.69) is 0 Å². The molecule has 0 heterocycles. The van der Waals surface area contributed by atoms with Crippen LogP contribution in [0.4, 0.5) is 8.78 Å². The van der Waals surface area contributed by atoms with Crippen LogP contribution in [-0.4, -0.2) is 44.2 Å². The minimum atomic E-state index is -2.38. The highest BCUT2D eigenvalue weighted by Crippen LogP contribution is 2.37. The van der Waals surface area contributed by atoms with Gasteiger partial charge in [0.2, 0.25) is 5.75 Å². The van der Waals surface area contributed by atoms with Crippen LogP contribution >= 0.6 is 0 Å². The van der Waals surface area contributed by atoms with Gasteiger partial charge in [0.1, 0.15) is 0 Å². The molecule has 1 aromatic rings. The van der Waals surface area contributed by atoms with Gasteiger partial charge in [0.05, 0.1) is 20.8 Å². The highest BCUT2D eigenvalue weighted by molar-refractivity contribution is 5.52. The van der Waals surface area contributed by atoms with Gasteiger partial charge in [0.25, 0.3) is 6.43 Å². The van der Waals surface area contributed by atoms with Crippen LogP contribution in [0.3, 0.4) is 0 Å². The van der Waals surface area contributed by atoms with Crippen molar-refractivity contribution in [1.29, 1.82) is 0 Å². The first kappa shape index (κ1) is 14.5. The summed E-state index contributed by atoms with van der Waals surface area (Å²) < 4.78 is 34.4. The van der Waals surface area contributed by atoms with Crippen molar-refractivity contribution in [2.45, 2.75) is 13.0 Å². The highest BCUT2D eigenvalue weighted by atomic mass is 19.3. The molecule has 0 aliphatic rings. The number of methoxy groups -OCH3 is 2. The second-order valence-corrected chi connectivity index (χ2v) is 3.94. The molecule has 0 aromatic heterocycles. The highest BCUT2D eigenvalue weighted by Gasteiger charge is 2.13. The van der Waals surface area contributed by atoms with Crippen LogP contribution in [0.1, 0.15) is 5.56 Å². The van der Waals surface area contributed by atoms with E-state index in [-0.39, 0.29) is 23.8 Å². The number of benzene rings is 1. The number of rotatable bonds is 6. The zero-order valence-electron chi connectivity index (χ0n) is 10.6. The predicted octanol–water partition coefficient (Wildman–Crippen LogP) is 2.11. The Morgan fingerprint density at radius 1 is 1.22 bits per heavy atom. The molecular weight excluding hydrogens is 244 g/mol. The monoisotopic (exact) mass is 261 g/mol.